The summed E-state index contributed by atoms with van der Waals surface area (Å²) >= 11 is 0. The van der Waals surface area contributed by atoms with Gasteiger partial charge in [-0.2, -0.15) is 0 Å². The van der Waals surface area contributed by atoms with E-state index in [1.54, 1.807) is 60.7 Å². The first-order valence-corrected chi connectivity index (χ1v) is 9.90. The van der Waals surface area contributed by atoms with Crippen molar-refractivity contribution >= 4 is 29.4 Å². The zero-order valence-corrected chi connectivity index (χ0v) is 15.0. The average molecular weight is 381 g/mol. The monoisotopic (exact) mass is 381 g/mol. The highest BCUT2D eigenvalue weighted by atomic mass is 31.2. The van der Waals surface area contributed by atoms with Gasteiger partial charge in [-0.25, -0.2) is 0 Å². The number of hydrogen-bond acceptors (Lipinski definition) is 4. The van der Waals surface area contributed by atoms with Gasteiger partial charge < -0.3 is 9.67 Å². The quantitative estimate of drug-likeness (QED) is 0.399. The Bertz CT molecular complexity index is 960. The third-order valence-corrected chi connectivity index (χ3v) is 7.67. The van der Waals surface area contributed by atoms with Crippen molar-refractivity contribution in [2.45, 2.75) is 5.66 Å². The maximum Gasteiger partial charge on any atom is 0.319 e. The first kappa shape index (κ1) is 18.5. The Balaban J connectivity index is 2.23. The molecule has 3 aromatic rings. The highest BCUT2D eigenvalue weighted by Gasteiger charge is 2.42. The summed E-state index contributed by atoms with van der Waals surface area (Å²) < 4.78 is 14.3. The highest BCUT2D eigenvalue weighted by Crippen LogP contribution is 2.57. The molecule has 6 nitrogen and oxygen atoms in total. The normalized spacial score (nSPS) is 12.3. The topological polar surface area (TPSA) is 97.5 Å². The molecular weight excluding hydrogens is 365 g/mol. The van der Waals surface area contributed by atoms with Gasteiger partial charge in [-0.15, -0.1) is 0 Å². The van der Waals surface area contributed by atoms with Crippen LogP contribution in [0.5, 0.6) is 0 Å². The first-order valence-electron chi connectivity index (χ1n) is 8.12. The number of rotatable bonds is 6. The number of carboxylic acids is 1. The minimum absolute atomic E-state index is 0.155. The third-order valence-electron chi connectivity index (χ3n) is 4.30. The maximum absolute atomic E-state index is 14.3. The molecule has 0 fully saturated rings. The van der Waals surface area contributed by atoms with Crippen LogP contribution in [0.3, 0.4) is 0 Å². The Morgan fingerprint density at radius 1 is 0.852 bits per heavy atom. The molecule has 3 aromatic carbocycles. The van der Waals surface area contributed by atoms with E-state index in [0.29, 0.717) is 10.6 Å². The molecular formula is C20H16NO5P. The summed E-state index contributed by atoms with van der Waals surface area (Å²) in [6.07, 6.45) is 0. The first-order chi connectivity index (χ1) is 12.9. The lowest BCUT2D eigenvalue weighted by Crippen LogP contribution is -2.26. The second-order valence-corrected chi connectivity index (χ2v) is 8.78. The number of carbonyl (C=O) groups is 1. The number of benzene rings is 3. The van der Waals surface area contributed by atoms with Crippen LogP contribution < -0.4 is 10.6 Å². The van der Waals surface area contributed by atoms with Crippen molar-refractivity contribution in [2.75, 3.05) is 0 Å². The van der Waals surface area contributed by atoms with Crippen molar-refractivity contribution in [3.8, 4) is 0 Å². The van der Waals surface area contributed by atoms with Gasteiger partial charge in [-0.05, 0) is 5.56 Å². The smallest absolute Gasteiger partial charge is 0.319 e. The second-order valence-electron chi connectivity index (χ2n) is 5.92. The molecule has 1 atom stereocenters. The van der Waals surface area contributed by atoms with E-state index in [2.05, 4.69) is 0 Å². The molecule has 1 unspecified atom stereocenters. The fourth-order valence-corrected chi connectivity index (χ4v) is 6.06. The number of nitro benzene ring substituents is 1. The van der Waals surface area contributed by atoms with Crippen molar-refractivity contribution in [3.63, 3.8) is 0 Å². The average Bonchev–Trinajstić information content (AvgIpc) is 2.69. The second kappa shape index (κ2) is 7.56. The van der Waals surface area contributed by atoms with Crippen LogP contribution in [0.25, 0.3) is 0 Å². The van der Waals surface area contributed by atoms with Crippen molar-refractivity contribution in [1.29, 1.82) is 0 Å². The summed E-state index contributed by atoms with van der Waals surface area (Å²) in [5.74, 6) is -1.25. The SMILES string of the molecule is O=C(O)C(c1ccc([N+](=O)[O-])cc1)P(=O)(c1ccccc1)c1ccccc1. The molecule has 0 bridgehead atoms. The van der Waals surface area contributed by atoms with Crippen LogP contribution >= 0.6 is 7.14 Å². The summed E-state index contributed by atoms with van der Waals surface area (Å²) in [4.78, 5) is 22.5. The van der Waals surface area contributed by atoms with E-state index >= 15 is 0 Å². The van der Waals surface area contributed by atoms with Gasteiger partial charge in [0.15, 0.2) is 7.14 Å². The zero-order valence-electron chi connectivity index (χ0n) is 14.1. The standard InChI is InChI=1S/C20H16NO5P/c22-20(23)19(15-11-13-16(14-12-15)21(24)25)27(26,17-7-3-1-4-8-17)18-9-5-2-6-10-18/h1-14,19H,(H,22,23). The zero-order chi connectivity index (χ0) is 19.4. The molecule has 0 saturated heterocycles. The third kappa shape index (κ3) is 3.52. The van der Waals surface area contributed by atoms with E-state index in [0.717, 1.165) is 0 Å². The molecule has 7 heteroatoms. The Morgan fingerprint density at radius 2 is 1.30 bits per heavy atom. The van der Waals surface area contributed by atoms with Crippen LogP contribution in [0.4, 0.5) is 5.69 Å². The molecule has 0 amide bonds. The lowest BCUT2D eigenvalue weighted by atomic mass is 10.1. The van der Waals surface area contributed by atoms with Gasteiger partial charge in [0.05, 0.1) is 4.92 Å². The number of aliphatic carboxylic acids is 1. The number of hydrogen-bond donors (Lipinski definition) is 1. The summed E-state index contributed by atoms with van der Waals surface area (Å²) in [6, 6.07) is 22.1. The van der Waals surface area contributed by atoms with Crippen molar-refractivity contribution in [1.82, 2.24) is 0 Å². The van der Waals surface area contributed by atoms with Crippen LogP contribution in [-0.2, 0) is 9.36 Å². The van der Waals surface area contributed by atoms with Gasteiger partial charge in [-0.1, -0.05) is 72.8 Å². The van der Waals surface area contributed by atoms with Gasteiger partial charge in [0.25, 0.3) is 5.69 Å². The number of nitro groups is 1. The molecule has 3 rings (SSSR count). The molecule has 0 aliphatic heterocycles. The Morgan fingerprint density at radius 3 is 1.67 bits per heavy atom. The Labute approximate surface area is 155 Å². The fourth-order valence-electron chi connectivity index (χ4n) is 3.03. The lowest BCUT2D eigenvalue weighted by molar-refractivity contribution is -0.384. The van der Waals surface area contributed by atoms with Gasteiger partial charge >= 0.3 is 5.97 Å². The lowest BCUT2D eigenvalue weighted by Gasteiger charge is -2.26. The van der Waals surface area contributed by atoms with E-state index < -0.39 is 23.7 Å². The number of nitrogens with zero attached hydrogens (tertiary/aromatic N) is 1. The summed E-state index contributed by atoms with van der Waals surface area (Å²) in [7, 11) is -3.62. The van der Waals surface area contributed by atoms with Gasteiger partial charge in [-0.3, -0.25) is 14.9 Å². The van der Waals surface area contributed by atoms with Gasteiger partial charge in [0.2, 0.25) is 0 Å². The molecule has 0 spiro atoms. The number of non-ortho nitro benzene ring substituents is 1. The van der Waals surface area contributed by atoms with E-state index in [1.807, 2.05) is 0 Å². The van der Waals surface area contributed by atoms with Gasteiger partial charge in [0, 0.05) is 22.7 Å². The molecule has 136 valence electrons. The fraction of sp³-hybridized carbons (Fsp3) is 0.0500. The van der Waals surface area contributed by atoms with Crippen LogP contribution in [0.15, 0.2) is 84.9 Å². The predicted octanol–water partition coefficient (Wildman–Crippen LogP) is 3.73. The largest absolute Gasteiger partial charge is 0.480 e. The predicted molar refractivity (Wildman–Crippen MR) is 103 cm³/mol. The van der Waals surface area contributed by atoms with E-state index in [-0.39, 0.29) is 11.3 Å². The maximum atomic E-state index is 14.3. The van der Waals surface area contributed by atoms with E-state index in [1.165, 1.54) is 24.3 Å². The van der Waals surface area contributed by atoms with Crippen LogP contribution in [0, 0.1) is 10.1 Å². The molecule has 27 heavy (non-hydrogen) atoms. The summed E-state index contributed by atoms with van der Waals surface area (Å²) in [5, 5.41) is 21.7. The Kier molecular flexibility index (Phi) is 5.19. The Hall–Kier alpha value is -3.24. The van der Waals surface area contributed by atoms with Crippen LogP contribution in [0.1, 0.15) is 11.2 Å². The highest BCUT2D eigenvalue weighted by molar-refractivity contribution is 7.79. The van der Waals surface area contributed by atoms with Crippen molar-refractivity contribution < 1.29 is 19.4 Å². The molecule has 0 heterocycles. The number of carboxylic acid groups (broad SMARTS) is 1. The van der Waals surface area contributed by atoms with E-state index in [4.69, 9.17) is 0 Å². The molecule has 0 aliphatic rings. The molecule has 0 aromatic heterocycles. The van der Waals surface area contributed by atoms with Gasteiger partial charge in [0.1, 0.15) is 5.66 Å². The van der Waals surface area contributed by atoms with Crippen LogP contribution in [-0.4, -0.2) is 16.0 Å². The minimum Gasteiger partial charge on any atom is -0.480 e. The molecule has 0 aliphatic carbocycles. The van der Waals surface area contributed by atoms with E-state index in [9.17, 15) is 24.6 Å². The molecule has 0 saturated carbocycles. The van der Waals surface area contributed by atoms with Crippen molar-refractivity contribution in [3.05, 3.63) is 101 Å². The van der Waals surface area contributed by atoms with Crippen molar-refractivity contribution in [2.24, 2.45) is 0 Å². The minimum atomic E-state index is -3.62. The summed E-state index contributed by atoms with van der Waals surface area (Å²) in [5.41, 5.74) is -1.26. The molecule has 1 N–H and O–H groups in total. The van der Waals surface area contributed by atoms with Crippen LogP contribution in [0.2, 0.25) is 0 Å². The summed E-state index contributed by atoms with van der Waals surface area (Å²) in [6.45, 7) is 0. The molecule has 0 radical (unpaired) electrons.